The maximum atomic E-state index is 13.6. The lowest BCUT2D eigenvalue weighted by molar-refractivity contribution is 0.600. The van der Waals surface area contributed by atoms with Gasteiger partial charge in [0, 0.05) is 11.3 Å². The summed E-state index contributed by atoms with van der Waals surface area (Å²) in [6, 6.07) is 15.1. The molecule has 0 spiro atoms. The third-order valence-electron chi connectivity index (χ3n) is 3.09. The zero-order valence-electron chi connectivity index (χ0n) is 10.8. The minimum atomic E-state index is -0.163. The van der Waals surface area contributed by atoms with Gasteiger partial charge in [0.05, 0.1) is 6.04 Å². The molecular weight excluding hydrogens is 225 g/mol. The van der Waals surface area contributed by atoms with Gasteiger partial charge < -0.3 is 5.32 Å². The van der Waals surface area contributed by atoms with Crippen LogP contribution in [0.3, 0.4) is 0 Å². The molecule has 1 nitrogen and oxygen atoms in total. The van der Waals surface area contributed by atoms with Crippen LogP contribution in [-0.4, -0.2) is 0 Å². The van der Waals surface area contributed by atoms with Crippen molar-refractivity contribution in [1.82, 2.24) is 0 Å². The molecule has 0 bridgehead atoms. The van der Waals surface area contributed by atoms with Crippen LogP contribution in [0.15, 0.2) is 48.5 Å². The second kappa shape index (κ2) is 5.67. The number of rotatable bonds is 4. The summed E-state index contributed by atoms with van der Waals surface area (Å²) in [6.45, 7) is 4.09. The van der Waals surface area contributed by atoms with Crippen molar-refractivity contribution < 1.29 is 4.39 Å². The van der Waals surface area contributed by atoms with Crippen molar-refractivity contribution in [2.45, 2.75) is 26.3 Å². The zero-order chi connectivity index (χ0) is 13.0. The van der Waals surface area contributed by atoms with Crippen molar-refractivity contribution in [3.63, 3.8) is 0 Å². The highest BCUT2D eigenvalue weighted by Gasteiger charge is 2.09. The van der Waals surface area contributed by atoms with E-state index in [-0.39, 0.29) is 11.9 Å². The van der Waals surface area contributed by atoms with E-state index < -0.39 is 0 Å². The number of nitrogens with one attached hydrogen (secondary N) is 1. The monoisotopic (exact) mass is 243 g/mol. The smallest absolute Gasteiger partial charge is 0.128 e. The minimum Gasteiger partial charge on any atom is -0.378 e. The van der Waals surface area contributed by atoms with E-state index in [0.29, 0.717) is 5.56 Å². The Labute approximate surface area is 108 Å². The maximum absolute atomic E-state index is 13.6. The highest BCUT2D eigenvalue weighted by atomic mass is 19.1. The molecule has 2 rings (SSSR count). The predicted octanol–water partition coefficient (Wildman–Crippen LogP) is 4.56. The Kier molecular flexibility index (Phi) is 3.98. The fourth-order valence-corrected chi connectivity index (χ4v) is 2.04. The first kappa shape index (κ1) is 12.6. The predicted molar refractivity (Wildman–Crippen MR) is 74.3 cm³/mol. The second-order valence-electron chi connectivity index (χ2n) is 4.44. The van der Waals surface area contributed by atoms with Gasteiger partial charge in [0.15, 0.2) is 0 Å². The Morgan fingerprint density at radius 1 is 1.11 bits per heavy atom. The third kappa shape index (κ3) is 2.89. The molecule has 0 fully saturated rings. The molecule has 1 N–H and O–H groups in total. The topological polar surface area (TPSA) is 12.0 Å². The quantitative estimate of drug-likeness (QED) is 0.830. The fraction of sp³-hybridized carbons (Fsp3) is 0.250. The van der Waals surface area contributed by atoms with Crippen LogP contribution in [-0.2, 0) is 6.42 Å². The van der Waals surface area contributed by atoms with Crippen LogP contribution in [0.1, 0.15) is 31.0 Å². The first-order chi connectivity index (χ1) is 8.70. The normalized spacial score (nSPS) is 12.2. The average molecular weight is 243 g/mol. The van der Waals surface area contributed by atoms with Gasteiger partial charge in [0.1, 0.15) is 5.82 Å². The summed E-state index contributed by atoms with van der Waals surface area (Å²) in [5, 5.41) is 3.33. The number of halogens is 1. The number of benzene rings is 2. The lowest BCUT2D eigenvalue weighted by Gasteiger charge is -2.16. The molecule has 1 unspecified atom stereocenters. The Morgan fingerprint density at radius 2 is 1.89 bits per heavy atom. The van der Waals surface area contributed by atoms with E-state index in [1.54, 1.807) is 6.07 Å². The van der Waals surface area contributed by atoms with E-state index in [9.17, 15) is 4.39 Å². The lowest BCUT2D eigenvalue weighted by Crippen LogP contribution is -2.08. The molecule has 0 amide bonds. The molecule has 1 atom stereocenters. The van der Waals surface area contributed by atoms with Gasteiger partial charge in [-0.25, -0.2) is 4.39 Å². The van der Waals surface area contributed by atoms with Gasteiger partial charge in [0.2, 0.25) is 0 Å². The first-order valence-electron chi connectivity index (χ1n) is 6.30. The Bertz CT molecular complexity index is 522. The molecule has 0 aliphatic carbocycles. The zero-order valence-corrected chi connectivity index (χ0v) is 10.8. The molecule has 0 saturated heterocycles. The van der Waals surface area contributed by atoms with E-state index in [0.717, 1.165) is 12.1 Å². The molecule has 0 aliphatic rings. The summed E-state index contributed by atoms with van der Waals surface area (Å²) in [4.78, 5) is 0. The molecule has 0 aliphatic heterocycles. The Balaban J connectivity index is 2.16. The summed E-state index contributed by atoms with van der Waals surface area (Å²) in [7, 11) is 0. The van der Waals surface area contributed by atoms with E-state index in [1.807, 2.05) is 31.2 Å². The third-order valence-corrected chi connectivity index (χ3v) is 3.09. The van der Waals surface area contributed by atoms with Crippen molar-refractivity contribution >= 4 is 5.69 Å². The van der Waals surface area contributed by atoms with Crippen molar-refractivity contribution in [3.05, 3.63) is 65.5 Å². The molecule has 2 aromatic rings. The molecular formula is C16H18FN. The van der Waals surface area contributed by atoms with Crippen molar-refractivity contribution in [2.75, 3.05) is 5.32 Å². The summed E-state index contributed by atoms with van der Waals surface area (Å²) in [5.74, 6) is -0.163. The summed E-state index contributed by atoms with van der Waals surface area (Å²) in [5.41, 5.74) is 3.00. The molecule has 0 radical (unpaired) electrons. The lowest BCUT2D eigenvalue weighted by atomic mass is 10.1. The number of hydrogen-bond donors (Lipinski definition) is 1. The van der Waals surface area contributed by atoms with Crippen LogP contribution >= 0.6 is 0 Å². The maximum Gasteiger partial charge on any atom is 0.128 e. The van der Waals surface area contributed by atoms with Crippen molar-refractivity contribution in [2.24, 2.45) is 0 Å². The van der Waals surface area contributed by atoms with Gasteiger partial charge in [0.25, 0.3) is 0 Å². The van der Waals surface area contributed by atoms with Gasteiger partial charge in [-0.1, -0.05) is 37.3 Å². The van der Waals surface area contributed by atoms with Gasteiger partial charge in [-0.2, -0.15) is 0 Å². The molecule has 2 aromatic carbocycles. The van der Waals surface area contributed by atoms with E-state index in [1.165, 1.54) is 11.6 Å². The fourth-order valence-electron chi connectivity index (χ4n) is 2.04. The molecule has 18 heavy (non-hydrogen) atoms. The first-order valence-corrected chi connectivity index (χ1v) is 6.30. The van der Waals surface area contributed by atoms with E-state index >= 15 is 0 Å². The van der Waals surface area contributed by atoms with Crippen LogP contribution in [0.2, 0.25) is 0 Å². The summed E-state index contributed by atoms with van der Waals surface area (Å²) in [6.07, 6.45) is 1.00. The van der Waals surface area contributed by atoms with Crippen LogP contribution in [0.5, 0.6) is 0 Å². The second-order valence-corrected chi connectivity index (χ2v) is 4.44. The highest BCUT2D eigenvalue weighted by Crippen LogP contribution is 2.22. The van der Waals surface area contributed by atoms with Crippen LogP contribution < -0.4 is 5.32 Å². The van der Waals surface area contributed by atoms with E-state index in [4.69, 9.17) is 0 Å². The Hall–Kier alpha value is -1.83. The molecule has 0 aromatic heterocycles. The van der Waals surface area contributed by atoms with Gasteiger partial charge in [-0.15, -0.1) is 0 Å². The average Bonchev–Trinajstić information content (AvgIpc) is 2.39. The molecule has 94 valence electrons. The molecule has 0 saturated carbocycles. The summed E-state index contributed by atoms with van der Waals surface area (Å²) < 4.78 is 13.6. The number of hydrogen-bond acceptors (Lipinski definition) is 1. The van der Waals surface area contributed by atoms with Crippen LogP contribution in [0.25, 0.3) is 0 Å². The number of aryl methyl sites for hydroxylation is 1. The minimum absolute atomic E-state index is 0.0432. The van der Waals surface area contributed by atoms with Crippen molar-refractivity contribution in [3.8, 4) is 0 Å². The highest BCUT2D eigenvalue weighted by molar-refractivity contribution is 5.47. The molecule has 2 heteroatoms. The van der Waals surface area contributed by atoms with Crippen molar-refractivity contribution in [1.29, 1.82) is 0 Å². The SMILES string of the molecule is CCc1cccc(NC(C)c2ccccc2F)c1. The van der Waals surface area contributed by atoms with E-state index in [2.05, 4.69) is 24.4 Å². The standard InChI is InChI=1S/C16H18FN/c1-3-13-7-6-8-14(11-13)18-12(2)15-9-4-5-10-16(15)17/h4-12,18H,3H2,1-2H3. The van der Waals surface area contributed by atoms with Crippen LogP contribution in [0.4, 0.5) is 10.1 Å². The van der Waals surface area contributed by atoms with Gasteiger partial charge >= 0.3 is 0 Å². The van der Waals surface area contributed by atoms with Crippen LogP contribution in [0, 0.1) is 5.82 Å². The van der Waals surface area contributed by atoms with Gasteiger partial charge in [-0.05, 0) is 37.1 Å². The Morgan fingerprint density at radius 3 is 2.61 bits per heavy atom. The number of anilines is 1. The largest absolute Gasteiger partial charge is 0.378 e. The van der Waals surface area contributed by atoms with Gasteiger partial charge in [-0.3, -0.25) is 0 Å². The summed E-state index contributed by atoms with van der Waals surface area (Å²) >= 11 is 0. The molecule has 0 heterocycles.